The van der Waals surface area contributed by atoms with E-state index < -0.39 is 0 Å². The first-order valence-corrected chi connectivity index (χ1v) is 7.78. The normalized spacial score (nSPS) is 21.2. The summed E-state index contributed by atoms with van der Waals surface area (Å²) in [5, 5.41) is 12.8. The summed E-state index contributed by atoms with van der Waals surface area (Å²) in [6, 6.07) is 2.69. The van der Waals surface area contributed by atoms with Gasteiger partial charge in [-0.15, -0.1) is 11.3 Å². The molecule has 0 radical (unpaired) electrons. The van der Waals surface area contributed by atoms with Crippen LogP contribution in [0.5, 0.6) is 0 Å². The van der Waals surface area contributed by atoms with E-state index in [1.54, 1.807) is 7.11 Å². The molecule has 5 heteroatoms. The Morgan fingerprint density at radius 1 is 1.71 bits per heavy atom. The summed E-state index contributed by atoms with van der Waals surface area (Å²) in [6.07, 6.45) is 3.58. The third kappa shape index (κ3) is 3.41. The zero-order chi connectivity index (χ0) is 12.3. The number of aryl methyl sites for hydroxylation is 1. The van der Waals surface area contributed by atoms with Gasteiger partial charge >= 0.3 is 0 Å². The Kier molecular flexibility index (Phi) is 5.23. The fourth-order valence-electron chi connectivity index (χ4n) is 2.33. The predicted octanol–water partition coefficient (Wildman–Crippen LogP) is 2.33. The maximum atomic E-state index is 9.30. The van der Waals surface area contributed by atoms with Gasteiger partial charge < -0.3 is 15.2 Å². The van der Waals surface area contributed by atoms with E-state index in [-0.39, 0.29) is 12.6 Å². The maximum absolute atomic E-state index is 9.30. The molecule has 1 aromatic rings. The van der Waals surface area contributed by atoms with Crippen LogP contribution in [0.3, 0.4) is 0 Å². The molecule has 96 valence electrons. The molecule has 0 spiro atoms. The van der Waals surface area contributed by atoms with Crippen LogP contribution in [0.2, 0.25) is 0 Å². The first kappa shape index (κ1) is 13.7. The molecule has 17 heavy (non-hydrogen) atoms. The lowest BCUT2D eigenvalue weighted by molar-refractivity contribution is 0.120. The number of aliphatic hydroxyl groups is 1. The highest BCUT2D eigenvalue weighted by Gasteiger charge is 2.24. The number of fused-ring (bicyclic) bond motifs is 1. The van der Waals surface area contributed by atoms with Crippen molar-refractivity contribution in [2.24, 2.45) is 0 Å². The Labute approximate surface area is 120 Å². The Bertz CT molecular complexity index is 369. The summed E-state index contributed by atoms with van der Waals surface area (Å²) in [7, 11) is 1.67. The van der Waals surface area contributed by atoms with Crippen LogP contribution in [-0.4, -0.2) is 31.5 Å². The second kappa shape index (κ2) is 6.47. The lowest BCUT2D eigenvalue weighted by Gasteiger charge is -2.27. The second-order valence-corrected chi connectivity index (χ2v) is 7.41. The molecule has 0 saturated heterocycles. The zero-order valence-electron chi connectivity index (χ0n) is 9.91. The van der Waals surface area contributed by atoms with Crippen LogP contribution in [-0.2, 0) is 11.2 Å². The van der Waals surface area contributed by atoms with Crippen LogP contribution >= 0.6 is 33.9 Å². The van der Waals surface area contributed by atoms with Gasteiger partial charge in [-0.25, -0.2) is 0 Å². The van der Waals surface area contributed by atoms with E-state index in [1.165, 1.54) is 26.2 Å². The van der Waals surface area contributed by atoms with E-state index in [1.807, 2.05) is 11.3 Å². The number of ether oxygens (including phenoxy) is 1. The Balaban J connectivity index is 2.07. The van der Waals surface area contributed by atoms with Crippen molar-refractivity contribution in [2.45, 2.75) is 31.3 Å². The number of halogens is 1. The molecule has 1 aromatic heterocycles. The molecule has 0 amide bonds. The number of thiophene rings is 1. The molecule has 2 atom stereocenters. The summed E-state index contributed by atoms with van der Waals surface area (Å²) in [5.74, 6) is 0. The van der Waals surface area contributed by atoms with Crippen molar-refractivity contribution in [3.63, 3.8) is 0 Å². The maximum Gasteiger partial charge on any atom is 0.0659 e. The van der Waals surface area contributed by atoms with E-state index in [4.69, 9.17) is 4.74 Å². The van der Waals surface area contributed by atoms with E-state index >= 15 is 0 Å². The Morgan fingerprint density at radius 2 is 2.53 bits per heavy atom. The van der Waals surface area contributed by atoms with Gasteiger partial charge in [-0.2, -0.15) is 0 Å². The van der Waals surface area contributed by atoms with Gasteiger partial charge in [-0.1, -0.05) is 0 Å². The smallest absolute Gasteiger partial charge is 0.0659 e. The fraction of sp³-hybridized carbons (Fsp3) is 0.667. The monoisotopic (exact) mass is 367 g/mol. The lowest BCUT2D eigenvalue weighted by Crippen LogP contribution is -2.39. The molecule has 1 heterocycles. The molecule has 2 rings (SSSR count). The molecule has 1 aliphatic carbocycles. The minimum atomic E-state index is 0.0357. The van der Waals surface area contributed by atoms with Crippen molar-refractivity contribution in [1.29, 1.82) is 0 Å². The molecular weight excluding hydrogens is 349 g/mol. The van der Waals surface area contributed by atoms with Gasteiger partial charge in [0.15, 0.2) is 0 Å². The highest BCUT2D eigenvalue weighted by molar-refractivity contribution is 14.1. The minimum Gasteiger partial charge on any atom is -0.395 e. The molecule has 3 nitrogen and oxygen atoms in total. The summed E-state index contributed by atoms with van der Waals surface area (Å²) >= 11 is 4.28. The number of aliphatic hydroxyl groups excluding tert-OH is 1. The van der Waals surface area contributed by atoms with Gasteiger partial charge in [0, 0.05) is 18.0 Å². The summed E-state index contributed by atoms with van der Waals surface area (Å²) in [4.78, 5) is 1.51. The third-order valence-corrected chi connectivity index (χ3v) is 5.08. The van der Waals surface area contributed by atoms with Crippen molar-refractivity contribution in [2.75, 3.05) is 20.3 Å². The predicted molar refractivity (Wildman–Crippen MR) is 78.6 cm³/mol. The van der Waals surface area contributed by atoms with Crippen molar-refractivity contribution >= 4 is 33.9 Å². The van der Waals surface area contributed by atoms with Gasteiger partial charge in [0.2, 0.25) is 0 Å². The summed E-state index contributed by atoms with van der Waals surface area (Å²) in [5.41, 5.74) is 1.43. The van der Waals surface area contributed by atoms with Crippen molar-refractivity contribution in [3.8, 4) is 0 Å². The average Bonchev–Trinajstić information content (AvgIpc) is 2.70. The Hall–Kier alpha value is 0.310. The van der Waals surface area contributed by atoms with Crippen LogP contribution in [0.15, 0.2) is 6.07 Å². The quantitative estimate of drug-likeness (QED) is 0.785. The van der Waals surface area contributed by atoms with Crippen molar-refractivity contribution in [3.05, 3.63) is 19.4 Å². The highest BCUT2D eigenvalue weighted by atomic mass is 127. The number of hydrogen-bond donors (Lipinski definition) is 2. The van der Waals surface area contributed by atoms with E-state index in [9.17, 15) is 5.11 Å². The van der Waals surface area contributed by atoms with Gasteiger partial charge in [0.25, 0.3) is 0 Å². The van der Waals surface area contributed by atoms with Gasteiger partial charge in [0.05, 0.1) is 22.1 Å². The minimum absolute atomic E-state index is 0.0357. The zero-order valence-corrected chi connectivity index (χ0v) is 12.9. The topological polar surface area (TPSA) is 41.5 Å². The van der Waals surface area contributed by atoms with Gasteiger partial charge in [-0.3, -0.25) is 0 Å². The van der Waals surface area contributed by atoms with Crippen LogP contribution in [0.1, 0.15) is 29.3 Å². The van der Waals surface area contributed by atoms with E-state index in [0.29, 0.717) is 12.6 Å². The van der Waals surface area contributed by atoms with Crippen LogP contribution in [0.25, 0.3) is 0 Å². The SMILES string of the molecule is COCC(CO)NC1CCCc2sc(I)cc21. The molecule has 0 bridgehead atoms. The summed E-state index contributed by atoms with van der Waals surface area (Å²) in [6.45, 7) is 0.685. The number of methoxy groups -OCH3 is 1. The number of nitrogens with one attached hydrogen (secondary N) is 1. The van der Waals surface area contributed by atoms with Crippen LogP contribution in [0, 0.1) is 2.88 Å². The van der Waals surface area contributed by atoms with Crippen LogP contribution < -0.4 is 5.32 Å². The molecule has 0 saturated carbocycles. The molecule has 2 N–H and O–H groups in total. The summed E-state index contributed by atoms with van der Waals surface area (Å²) < 4.78 is 6.46. The first-order chi connectivity index (χ1) is 8.24. The van der Waals surface area contributed by atoms with Gasteiger partial charge in [0.1, 0.15) is 0 Å². The molecule has 0 aromatic carbocycles. The third-order valence-electron chi connectivity index (χ3n) is 3.11. The average molecular weight is 367 g/mol. The first-order valence-electron chi connectivity index (χ1n) is 5.88. The molecular formula is C12H18INO2S. The van der Waals surface area contributed by atoms with E-state index in [0.717, 1.165) is 6.42 Å². The van der Waals surface area contributed by atoms with Gasteiger partial charge in [-0.05, 0) is 53.5 Å². The number of rotatable bonds is 5. The standard InChI is InChI=1S/C12H18INO2S/c1-16-7-8(6-15)14-10-3-2-4-11-9(10)5-12(13)17-11/h5,8,10,14-15H,2-4,6-7H2,1H3. The second-order valence-electron chi connectivity index (χ2n) is 4.38. The van der Waals surface area contributed by atoms with Crippen molar-refractivity contribution in [1.82, 2.24) is 5.32 Å². The van der Waals surface area contributed by atoms with Crippen molar-refractivity contribution < 1.29 is 9.84 Å². The largest absolute Gasteiger partial charge is 0.395 e. The Morgan fingerprint density at radius 3 is 3.24 bits per heavy atom. The molecule has 0 aliphatic heterocycles. The van der Waals surface area contributed by atoms with Crippen LogP contribution in [0.4, 0.5) is 0 Å². The molecule has 1 aliphatic rings. The number of hydrogen-bond acceptors (Lipinski definition) is 4. The highest BCUT2D eigenvalue weighted by Crippen LogP contribution is 2.36. The lowest BCUT2D eigenvalue weighted by atomic mass is 9.93. The van der Waals surface area contributed by atoms with E-state index in [2.05, 4.69) is 34.0 Å². The fourth-order valence-corrected chi connectivity index (χ4v) is 4.45. The molecule has 0 fully saturated rings. The molecule has 2 unspecified atom stereocenters.